The monoisotopic (exact) mass is 338 g/mol. The van der Waals surface area contributed by atoms with Crippen LogP contribution in [-0.2, 0) is 15.6 Å². The molecule has 2 rings (SSSR count). The minimum absolute atomic E-state index is 0.0620. The van der Waals surface area contributed by atoms with Crippen molar-refractivity contribution in [2.45, 2.75) is 17.6 Å². The minimum atomic E-state index is -3.64. The number of ketones is 1. The lowest BCUT2D eigenvalue weighted by Gasteiger charge is -2.11. The fourth-order valence-corrected chi connectivity index (χ4v) is 4.02. The Hall–Kier alpha value is -1.85. The molecule has 0 saturated carbocycles. The van der Waals surface area contributed by atoms with Crippen LogP contribution < -0.4 is 4.74 Å². The smallest absolute Gasteiger partial charge is 0.184 e. The molecule has 0 radical (unpaired) electrons. The van der Waals surface area contributed by atoms with E-state index >= 15 is 0 Å². The van der Waals surface area contributed by atoms with E-state index in [1.54, 1.807) is 24.3 Å². The molecule has 2 aromatic rings. The predicted molar refractivity (Wildman–Crippen MR) is 85.3 cm³/mol. The van der Waals surface area contributed by atoms with Crippen molar-refractivity contribution in [3.05, 3.63) is 58.6 Å². The van der Waals surface area contributed by atoms with Crippen LogP contribution in [0, 0.1) is 0 Å². The molecule has 0 unspecified atom stereocenters. The van der Waals surface area contributed by atoms with Crippen molar-refractivity contribution < 1.29 is 17.9 Å². The largest absolute Gasteiger partial charge is 0.496 e. The highest BCUT2D eigenvalue weighted by molar-refractivity contribution is 7.90. The van der Waals surface area contributed by atoms with Crippen molar-refractivity contribution in [2.75, 3.05) is 7.11 Å². The van der Waals surface area contributed by atoms with Gasteiger partial charge in [-0.25, -0.2) is 8.42 Å². The molecule has 0 aliphatic heterocycles. The van der Waals surface area contributed by atoms with Gasteiger partial charge < -0.3 is 4.74 Å². The van der Waals surface area contributed by atoms with Gasteiger partial charge in [0, 0.05) is 11.1 Å². The maximum Gasteiger partial charge on any atom is 0.184 e. The van der Waals surface area contributed by atoms with E-state index in [4.69, 9.17) is 16.3 Å². The molecule has 0 atom stereocenters. The first-order chi connectivity index (χ1) is 10.3. The zero-order chi connectivity index (χ0) is 16.3. The Kier molecular flexibility index (Phi) is 4.88. The third kappa shape index (κ3) is 3.48. The van der Waals surface area contributed by atoms with Gasteiger partial charge in [0.25, 0.3) is 0 Å². The van der Waals surface area contributed by atoms with Crippen LogP contribution in [0.4, 0.5) is 0 Å². The van der Waals surface area contributed by atoms with Gasteiger partial charge in [0.1, 0.15) is 5.75 Å². The van der Waals surface area contributed by atoms with E-state index in [0.717, 1.165) is 0 Å². The number of hydrogen-bond donors (Lipinski definition) is 0. The summed E-state index contributed by atoms with van der Waals surface area (Å²) in [5.41, 5.74) is 0.861. The maximum atomic E-state index is 12.5. The van der Waals surface area contributed by atoms with Crippen LogP contribution in [0.5, 0.6) is 5.75 Å². The molecule has 0 aromatic heterocycles. The molecule has 0 saturated heterocycles. The van der Waals surface area contributed by atoms with Crippen LogP contribution in [0.25, 0.3) is 0 Å². The van der Waals surface area contributed by atoms with E-state index in [1.807, 2.05) is 0 Å². The Bertz CT molecular complexity index is 813. The topological polar surface area (TPSA) is 60.4 Å². The van der Waals surface area contributed by atoms with Gasteiger partial charge in [0.15, 0.2) is 15.6 Å². The number of benzene rings is 2. The molecule has 0 heterocycles. The van der Waals surface area contributed by atoms with Crippen LogP contribution in [-0.4, -0.2) is 21.3 Å². The highest BCUT2D eigenvalue weighted by Gasteiger charge is 2.21. The summed E-state index contributed by atoms with van der Waals surface area (Å²) in [6, 6.07) is 11.0. The fraction of sp³-hybridized carbons (Fsp3) is 0.188. The Morgan fingerprint density at radius 3 is 2.45 bits per heavy atom. The van der Waals surface area contributed by atoms with Crippen molar-refractivity contribution >= 4 is 27.2 Å². The molecular weight excluding hydrogens is 324 g/mol. The summed E-state index contributed by atoms with van der Waals surface area (Å²) in [6.45, 7) is 1.42. The van der Waals surface area contributed by atoms with E-state index in [0.29, 0.717) is 16.9 Å². The Morgan fingerprint density at radius 2 is 1.86 bits per heavy atom. The molecule has 116 valence electrons. The number of sulfone groups is 1. The molecular formula is C16H15ClO4S. The van der Waals surface area contributed by atoms with Gasteiger partial charge in [-0.3, -0.25) is 4.79 Å². The summed E-state index contributed by atoms with van der Waals surface area (Å²) < 4.78 is 30.3. The van der Waals surface area contributed by atoms with Crippen LogP contribution in [0.15, 0.2) is 47.4 Å². The Morgan fingerprint density at radius 1 is 1.18 bits per heavy atom. The number of halogens is 1. The molecule has 4 nitrogen and oxygen atoms in total. The van der Waals surface area contributed by atoms with Gasteiger partial charge in [-0.05, 0) is 37.3 Å². The summed E-state index contributed by atoms with van der Waals surface area (Å²) >= 11 is 5.97. The number of Topliss-reactive ketones (excluding diaryl/α,β-unsaturated/α-hetero) is 1. The van der Waals surface area contributed by atoms with Crippen molar-refractivity contribution in [1.29, 1.82) is 0 Å². The Labute approximate surface area is 134 Å². The average Bonchev–Trinajstić information content (AvgIpc) is 2.47. The first kappa shape index (κ1) is 16.5. The second-order valence-corrected chi connectivity index (χ2v) is 7.14. The quantitative estimate of drug-likeness (QED) is 0.782. The fourth-order valence-electron chi connectivity index (χ4n) is 2.09. The molecule has 2 aromatic carbocycles. The number of ether oxygens (including phenoxy) is 1. The van der Waals surface area contributed by atoms with E-state index in [1.165, 1.54) is 32.2 Å². The molecule has 0 N–H and O–H groups in total. The highest BCUT2D eigenvalue weighted by Crippen LogP contribution is 2.28. The lowest BCUT2D eigenvalue weighted by atomic mass is 10.1. The van der Waals surface area contributed by atoms with E-state index < -0.39 is 9.84 Å². The van der Waals surface area contributed by atoms with Gasteiger partial charge in [0.2, 0.25) is 0 Å². The van der Waals surface area contributed by atoms with Gasteiger partial charge in [-0.15, -0.1) is 0 Å². The molecule has 0 bridgehead atoms. The Balaban J connectivity index is 2.47. The minimum Gasteiger partial charge on any atom is -0.496 e. The summed E-state index contributed by atoms with van der Waals surface area (Å²) in [4.78, 5) is 11.5. The molecule has 0 amide bonds. The lowest BCUT2D eigenvalue weighted by Crippen LogP contribution is -2.08. The van der Waals surface area contributed by atoms with Crippen molar-refractivity contribution in [1.82, 2.24) is 0 Å². The van der Waals surface area contributed by atoms with Crippen LogP contribution in [0.3, 0.4) is 0 Å². The van der Waals surface area contributed by atoms with E-state index in [9.17, 15) is 13.2 Å². The normalized spacial score (nSPS) is 11.2. The third-order valence-corrected chi connectivity index (χ3v) is 5.36. The van der Waals surface area contributed by atoms with Crippen LogP contribution in [0.2, 0.25) is 5.02 Å². The lowest BCUT2D eigenvalue weighted by molar-refractivity contribution is 0.101. The molecule has 22 heavy (non-hydrogen) atoms. The summed E-state index contributed by atoms with van der Waals surface area (Å²) in [6.07, 6.45) is 0. The van der Waals surface area contributed by atoms with E-state index in [-0.39, 0.29) is 21.5 Å². The zero-order valence-electron chi connectivity index (χ0n) is 12.2. The van der Waals surface area contributed by atoms with Crippen molar-refractivity contribution in [3.63, 3.8) is 0 Å². The SMILES string of the molecule is COc1ccc(C(C)=O)cc1CS(=O)(=O)c1ccccc1Cl. The highest BCUT2D eigenvalue weighted by atomic mass is 35.5. The third-order valence-electron chi connectivity index (χ3n) is 3.20. The van der Waals surface area contributed by atoms with Crippen LogP contribution >= 0.6 is 11.6 Å². The van der Waals surface area contributed by atoms with Gasteiger partial charge in [-0.2, -0.15) is 0 Å². The number of carbonyl (C=O) groups is 1. The standard InChI is InChI=1S/C16H15ClO4S/c1-11(18)12-7-8-15(21-2)13(9-12)10-22(19,20)16-6-4-3-5-14(16)17/h3-9H,10H2,1-2H3. The number of rotatable bonds is 5. The van der Waals surface area contributed by atoms with Crippen LogP contribution in [0.1, 0.15) is 22.8 Å². The molecule has 0 aliphatic rings. The summed E-state index contributed by atoms with van der Waals surface area (Å²) in [5.74, 6) is -0.0132. The molecule has 0 fully saturated rings. The molecule has 6 heteroatoms. The van der Waals surface area contributed by atoms with Crippen molar-refractivity contribution in [3.8, 4) is 5.75 Å². The zero-order valence-corrected chi connectivity index (χ0v) is 13.7. The maximum absolute atomic E-state index is 12.5. The number of hydrogen-bond acceptors (Lipinski definition) is 4. The predicted octanol–water partition coefficient (Wildman–Crippen LogP) is 3.53. The second kappa shape index (κ2) is 6.50. The van der Waals surface area contributed by atoms with Gasteiger partial charge in [-0.1, -0.05) is 23.7 Å². The average molecular weight is 339 g/mol. The van der Waals surface area contributed by atoms with Gasteiger partial charge >= 0.3 is 0 Å². The summed E-state index contributed by atoms with van der Waals surface area (Å²) in [7, 11) is -2.19. The number of carbonyl (C=O) groups excluding carboxylic acids is 1. The molecule has 0 spiro atoms. The number of methoxy groups -OCH3 is 1. The van der Waals surface area contributed by atoms with Gasteiger partial charge in [0.05, 0.1) is 22.8 Å². The first-order valence-corrected chi connectivity index (χ1v) is 8.53. The molecule has 0 aliphatic carbocycles. The van der Waals surface area contributed by atoms with E-state index in [2.05, 4.69) is 0 Å². The summed E-state index contributed by atoms with van der Waals surface area (Å²) in [5, 5.41) is 0.171. The first-order valence-electron chi connectivity index (χ1n) is 6.50. The van der Waals surface area contributed by atoms with Crippen molar-refractivity contribution in [2.24, 2.45) is 0 Å². The second-order valence-electron chi connectivity index (χ2n) is 4.77.